The molecule has 0 amide bonds. The average Bonchev–Trinajstić information content (AvgIpc) is 2.55. The Bertz CT molecular complexity index is 753. The van der Waals surface area contributed by atoms with Gasteiger partial charge >= 0.3 is 0 Å². The summed E-state index contributed by atoms with van der Waals surface area (Å²) in [5, 5.41) is 8.79. The molecule has 0 fully saturated rings. The number of aliphatic hydroxyl groups excluding tert-OH is 1. The van der Waals surface area contributed by atoms with Gasteiger partial charge in [0.25, 0.3) is 10.1 Å². The van der Waals surface area contributed by atoms with Gasteiger partial charge in [-0.25, -0.2) is 0 Å². The molecule has 1 aliphatic rings. The van der Waals surface area contributed by atoms with E-state index in [-0.39, 0.29) is 17.6 Å². The lowest BCUT2D eigenvalue weighted by Crippen LogP contribution is -2.23. The first-order valence-corrected chi connectivity index (χ1v) is 9.23. The van der Waals surface area contributed by atoms with Crippen LogP contribution >= 0.6 is 0 Å². The third-order valence-corrected chi connectivity index (χ3v) is 4.64. The van der Waals surface area contributed by atoms with Crippen molar-refractivity contribution in [2.45, 2.75) is 37.2 Å². The van der Waals surface area contributed by atoms with E-state index in [4.69, 9.17) is 14.4 Å². The van der Waals surface area contributed by atoms with E-state index in [9.17, 15) is 8.42 Å². The molecule has 1 heterocycles. The Morgan fingerprint density at radius 2 is 1.79 bits per heavy atom. The number of ether oxygens (including phenoxy) is 1. The van der Waals surface area contributed by atoms with Gasteiger partial charge in [0, 0.05) is 13.0 Å². The molecule has 0 radical (unpaired) electrons. The molecule has 24 heavy (non-hydrogen) atoms. The predicted molar refractivity (Wildman–Crippen MR) is 91.9 cm³/mol. The van der Waals surface area contributed by atoms with Crippen LogP contribution in [0.15, 0.2) is 53.4 Å². The maximum atomic E-state index is 10.5. The largest absolute Gasteiger partial charge is 0.490 e. The molecule has 0 saturated carbocycles. The number of aliphatic hydroxyl groups is 1. The third-order valence-electron chi connectivity index (χ3n) is 3.77. The lowest BCUT2D eigenvalue weighted by atomic mass is 10.0. The van der Waals surface area contributed by atoms with Crippen LogP contribution < -0.4 is 4.74 Å². The minimum atomic E-state index is -4.02. The second-order valence-electron chi connectivity index (χ2n) is 5.69. The summed E-state index contributed by atoms with van der Waals surface area (Å²) < 4.78 is 35.3. The van der Waals surface area contributed by atoms with Crippen molar-refractivity contribution in [1.29, 1.82) is 0 Å². The van der Waals surface area contributed by atoms with Crippen LogP contribution in [-0.4, -0.2) is 30.8 Å². The molecule has 2 aromatic carbocycles. The molecule has 0 bridgehead atoms. The molecule has 0 saturated heterocycles. The Labute approximate surface area is 142 Å². The Morgan fingerprint density at radius 3 is 2.42 bits per heavy atom. The normalized spacial score (nSPS) is 16.4. The molecule has 6 heteroatoms. The highest BCUT2D eigenvalue weighted by molar-refractivity contribution is 7.85. The summed E-state index contributed by atoms with van der Waals surface area (Å²) in [6.45, 7) is 2.06. The molecule has 1 unspecified atom stereocenters. The molecule has 5 nitrogen and oxygen atoms in total. The molecule has 0 aliphatic carbocycles. The number of aryl methyl sites for hydroxylation is 2. The molecule has 0 aromatic heterocycles. The van der Waals surface area contributed by atoms with E-state index in [0.717, 1.165) is 30.6 Å². The van der Waals surface area contributed by atoms with E-state index in [1.807, 2.05) is 25.1 Å². The van der Waals surface area contributed by atoms with Crippen molar-refractivity contribution in [2.24, 2.45) is 0 Å². The third kappa shape index (κ3) is 5.33. The van der Waals surface area contributed by atoms with Gasteiger partial charge in [-0.2, -0.15) is 8.42 Å². The van der Waals surface area contributed by atoms with Crippen molar-refractivity contribution >= 4 is 10.1 Å². The summed E-state index contributed by atoms with van der Waals surface area (Å²) in [4.78, 5) is -0.0666. The molecule has 130 valence electrons. The van der Waals surface area contributed by atoms with Crippen LogP contribution in [0.1, 0.15) is 24.0 Å². The minimum Gasteiger partial charge on any atom is -0.490 e. The van der Waals surface area contributed by atoms with Crippen LogP contribution in [-0.2, 0) is 16.5 Å². The Hall–Kier alpha value is -1.89. The summed E-state index contributed by atoms with van der Waals surface area (Å²) in [7, 11) is -4.02. The first kappa shape index (κ1) is 18.4. The first-order chi connectivity index (χ1) is 11.4. The highest BCUT2D eigenvalue weighted by Crippen LogP contribution is 2.27. The molecule has 3 rings (SSSR count). The standard InChI is InChI=1S/C11H14O2.C7H8O3S/c12-8-7-10-6-5-9-3-1-2-4-11(9)13-10;1-6-2-4-7(5-3-6)11(8,9)10/h1-4,10,12H,5-8H2;2-5H,1H3,(H,8,9,10). The number of para-hydroxylation sites is 1. The van der Waals surface area contributed by atoms with Crippen molar-refractivity contribution in [3.05, 3.63) is 59.7 Å². The summed E-state index contributed by atoms with van der Waals surface area (Å²) >= 11 is 0. The maximum Gasteiger partial charge on any atom is 0.294 e. The van der Waals surface area contributed by atoms with Gasteiger partial charge in [-0.05, 0) is 43.5 Å². The fourth-order valence-electron chi connectivity index (χ4n) is 2.44. The van der Waals surface area contributed by atoms with Crippen molar-refractivity contribution in [3.63, 3.8) is 0 Å². The van der Waals surface area contributed by atoms with E-state index in [1.165, 1.54) is 17.7 Å². The number of hydrogen-bond acceptors (Lipinski definition) is 4. The van der Waals surface area contributed by atoms with E-state index in [2.05, 4.69) is 6.07 Å². The van der Waals surface area contributed by atoms with Gasteiger partial charge in [0.2, 0.25) is 0 Å². The van der Waals surface area contributed by atoms with E-state index in [0.29, 0.717) is 0 Å². The second-order valence-corrected chi connectivity index (χ2v) is 7.11. The average molecular weight is 350 g/mol. The highest BCUT2D eigenvalue weighted by atomic mass is 32.2. The Kier molecular flexibility index (Phi) is 6.36. The lowest BCUT2D eigenvalue weighted by Gasteiger charge is -2.25. The summed E-state index contributed by atoms with van der Waals surface area (Å²) in [6.07, 6.45) is 3.05. The van der Waals surface area contributed by atoms with Crippen molar-refractivity contribution in [2.75, 3.05) is 6.61 Å². The van der Waals surface area contributed by atoms with Crippen molar-refractivity contribution in [1.82, 2.24) is 0 Å². The van der Waals surface area contributed by atoms with Crippen molar-refractivity contribution < 1.29 is 22.8 Å². The fraction of sp³-hybridized carbons (Fsp3) is 0.333. The topological polar surface area (TPSA) is 83.8 Å². The minimum absolute atomic E-state index is 0.0666. The van der Waals surface area contributed by atoms with Gasteiger partial charge in [0.1, 0.15) is 11.9 Å². The van der Waals surface area contributed by atoms with Crippen LogP contribution in [0.4, 0.5) is 0 Å². The zero-order valence-electron chi connectivity index (χ0n) is 13.6. The Balaban J connectivity index is 0.000000177. The van der Waals surface area contributed by atoms with Gasteiger partial charge in [-0.15, -0.1) is 0 Å². The Morgan fingerprint density at radius 1 is 1.12 bits per heavy atom. The van der Waals surface area contributed by atoms with Gasteiger partial charge < -0.3 is 9.84 Å². The zero-order valence-corrected chi connectivity index (χ0v) is 14.4. The number of benzene rings is 2. The molecule has 1 atom stereocenters. The van der Waals surface area contributed by atoms with Gasteiger partial charge in [-0.1, -0.05) is 35.9 Å². The predicted octanol–water partition coefficient (Wildman–Crippen LogP) is 3.00. The van der Waals surface area contributed by atoms with Crippen LogP contribution in [0.5, 0.6) is 5.75 Å². The van der Waals surface area contributed by atoms with Gasteiger partial charge in [-0.3, -0.25) is 4.55 Å². The molecule has 0 spiro atoms. The zero-order chi connectivity index (χ0) is 17.6. The monoisotopic (exact) mass is 350 g/mol. The summed E-state index contributed by atoms with van der Waals surface area (Å²) in [5.41, 5.74) is 2.24. The van der Waals surface area contributed by atoms with Gasteiger partial charge in [0.05, 0.1) is 4.90 Å². The molecule has 1 aliphatic heterocycles. The summed E-state index contributed by atoms with van der Waals surface area (Å²) in [6, 6.07) is 14.1. The molecular formula is C18H22O5S. The molecule has 2 N–H and O–H groups in total. The highest BCUT2D eigenvalue weighted by Gasteiger charge is 2.18. The SMILES string of the molecule is Cc1ccc(S(=O)(=O)O)cc1.OCCC1CCc2ccccc2O1. The smallest absolute Gasteiger partial charge is 0.294 e. The first-order valence-electron chi connectivity index (χ1n) is 7.79. The number of hydrogen-bond donors (Lipinski definition) is 2. The van der Waals surface area contributed by atoms with Crippen LogP contribution in [0, 0.1) is 6.92 Å². The molecule has 2 aromatic rings. The maximum absolute atomic E-state index is 10.5. The van der Waals surface area contributed by atoms with Crippen molar-refractivity contribution in [3.8, 4) is 5.75 Å². The van der Waals surface area contributed by atoms with Crippen LogP contribution in [0.2, 0.25) is 0 Å². The van der Waals surface area contributed by atoms with E-state index in [1.54, 1.807) is 12.1 Å². The number of rotatable bonds is 3. The quantitative estimate of drug-likeness (QED) is 0.832. The second kappa shape index (κ2) is 8.28. The van der Waals surface area contributed by atoms with Gasteiger partial charge in [0.15, 0.2) is 0 Å². The van der Waals surface area contributed by atoms with Crippen LogP contribution in [0.25, 0.3) is 0 Å². The van der Waals surface area contributed by atoms with E-state index >= 15 is 0 Å². The number of fused-ring (bicyclic) bond motifs is 1. The fourth-order valence-corrected chi connectivity index (χ4v) is 2.92. The summed E-state index contributed by atoms with van der Waals surface area (Å²) in [5.74, 6) is 0.993. The van der Waals surface area contributed by atoms with Crippen LogP contribution in [0.3, 0.4) is 0 Å². The lowest BCUT2D eigenvalue weighted by molar-refractivity contribution is 0.134. The molecular weight excluding hydrogens is 328 g/mol. The van der Waals surface area contributed by atoms with E-state index < -0.39 is 10.1 Å².